The third-order valence-corrected chi connectivity index (χ3v) is 4.96. The van der Waals surface area contributed by atoms with E-state index in [9.17, 15) is 9.59 Å². The standard InChI is InChI=1S/C20H20N2O4/c1-25-16-5-3-14(11-17(16)26-2)20(24)21-15-9-12-4-6-18(23)22-8-7-13(10-15)19(12)22/h3,5,9-11H,4,6-8H2,1-2H3,(H,21,24). The van der Waals surface area contributed by atoms with Crippen LogP contribution in [0.15, 0.2) is 30.3 Å². The number of hydrogen-bond donors (Lipinski definition) is 1. The van der Waals surface area contributed by atoms with Crippen LogP contribution >= 0.6 is 0 Å². The number of carbonyl (C=O) groups is 2. The van der Waals surface area contributed by atoms with Gasteiger partial charge in [0.2, 0.25) is 5.91 Å². The van der Waals surface area contributed by atoms with E-state index >= 15 is 0 Å². The van der Waals surface area contributed by atoms with Gasteiger partial charge in [0.05, 0.1) is 19.9 Å². The van der Waals surface area contributed by atoms with Crippen molar-refractivity contribution < 1.29 is 19.1 Å². The second-order valence-corrected chi connectivity index (χ2v) is 6.46. The SMILES string of the molecule is COc1ccc(C(=O)Nc2cc3c4c(c2)CCN4C(=O)CC3)cc1OC. The maximum absolute atomic E-state index is 12.6. The molecule has 6 nitrogen and oxygen atoms in total. The van der Waals surface area contributed by atoms with Gasteiger partial charge in [-0.1, -0.05) is 0 Å². The van der Waals surface area contributed by atoms with Crippen LogP contribution in [0.5, 0.6) is 11.5 Å². The first kappa shape index (κ1) is 16.4. The van der Waals surface area contributed by atoms with Crippen molar-refractivity contribution >= 4 is 23.2 Å². The zero-order valence-corrected chi connectivity index (χ0v) is 14.8. The lowest BCUT2D eigenvalue weighted by atomic mass is 9.98. The van der Waals surface area contributed by atoms with Gasteiger partial charge in [-0.2, -0.15) is 0 Å². The van der Waals surface area contributed by atoms with Crippen molar-refractivity contribution in [2.45, 2.75) is 19.3 Å². The summed E-state index contributed by atoms with van der Waals surface area (Å²) in [5.41, 5.74) is 4.55. The molecule has 2 aromatic rings. The highest BCUT2D eigenvalue weighted by Gasteiger charge is 2.31. The van der Waals surface area contributed by atoms with E-state index in [1.165, 1.54) is 7.11 Å². The quantitative estimate of drug-likeness (QED) is 0.919. The van der Waals surface area contributed by atoms with Gasteiger partial charge < -0.3 is 19.7 Å². The number of benzene rings is 2. The van der Waals surface area contributed by atoms with Gasteiger partial charge >= 0.3 is 0 Å². The van der Waals surface area contributed by atoms with E-state index in [1.807, 2.05) is 17.0 Å². The van der Waals surface area contributed by atoms with Gasteiger partial charge in [-0.3, -0.25) is 9.59 Å². The smallest absolute Gasteiger partial charge is 0.255 e. The van der Waals surface area contributed by atoms with Crippen LogP contribution in [0.1, 0.15) is 27.9 Å². The fourth-order valence-corrected chi connectivity index (χ4v) is 3.71. The Morgan fingerprint density at radius 3 is 2.46 bits per heavy atom. The van der Waals surface area contributed by atoms with Gasteiger partial charge in [0.15, 0.2) is 11.5 Å². The molecule has 2 aliphatic rings. The summed E-state index contributed by atoms with van der Waals surface area (Å²) < 4.78 is 10.5. The van der Waals surface area contributed by atoms with E-state index in [0.717, 1.165) is 41.9 Å². The molecule has 2 aliphatic heterocycles. The highest BCUT2D eigenvalue weighted by atomic mass is 16.5. The molecule has 0 radical (unpaired) electrons. The Morgan fingerprint density at radius 2 is 1.73 bits per heavy atom. The minimum absolute atomic E-state index is 0.193. The Labute approximate surface area is 151 Å². The molecule has 0 fully saturated rings. The Balaban J connectivity index is 1.61. The van der Waals surface area contributed by atoms with E-state index in [2.05, 4.69) is 5.32 Å². The molecular formula is C20H20N2O4. The number of amides is 2. The summed E-state index contributed by atoms with van der Waals surface area (Å²) >= 11 is 0. The Bertz CT molecular complexity index is 907. The largest absolute Gasteiger partial charge is 0.493 e. The van der Waals surface area contributed by atoms with Crippen LogP contribution < -0.4 is 19.7 Å². The zero-order chi connectivity index (χ0) is 18.3. The van der Waals surface area contributed by atoms with Gasteiger partial charge in [-0.15, -0.1) is 0 Å². The first-order valence-corrected chi connectivity index (χ1v) is 8.60. The predicted molar refractivity (Wildman–Crippen MR) is 98.3 cm³/mol. The van der Waals surface area contributed by atoms with Crippen LogP contribution in [0.2, 0.25) is 0 Å². The fourth-order valence-electron chi connectivity index (χ4n) is 3.71. The van der Waals surface area contributed by atoms with E-state index in [-0.39, 0.29) is 11.8 Å². The van der Waals surface area contributed by atoms with Crippen molar-refractivity contribution in [1.82, 2.24) is 0 Å². The molecule has 0 saturated carbocycles. The average Bonchev–Trinajstić information content (AvgIpc) is 3.09. The lowest BCUT2D eigenvalue weighted by Gasteiger charge is -2.25. The number of nitrogens with zero attached hydrogens (tertiary/aromatic N) is 1. The van der Waals surface area contributed by atoms with Gasteiger partial charge in [-0.25, -0.2) is 0 Å². The molecule has 26 heavy (non-hydrogen) atoms. The van der Waals surface area contributed by atoms with Crippen LogP contribution in [0.4, 0.5) is 11.4 Å². The van der Waals surface area contributed by atoms with Gasteiger partial charge in [0, 0.05) is 24.2 Å². The van der Waals surface area contributed by atoms with Crippen molar-refractivity contribution in [1.29, 1.82) is 0 Å². The molecule has 2 amide bonds. The molecule has 0 spiro atoms. The van der Waals surface area contributed by atoms with Crippen molar-refractivity contribution in [3.63, 3.8) is 0 Å². The predicted octanol–water partition coefficient (Wildman–Crippen LogP) is 2.79. The van der Waals surface area contributed by atoms with Crippen molar-refractivity contribution in [2.75, 3.05) is 31.0 Å². The molecule has 0 saturated heterocycles. The molecule has 0 bridgehead atoms. The Kier molecular flexibility index (Phi) is 4.03. The summed E-state index contributed by atoms with van der Waals surface area (Å²) in [5.74, 6) is 1.08. The summed E-state index contributed by atoms with van der Waals surface area (Å²) in [6, 6.07) is 9.02. The Hall–Kier alpha value is -3.02. The van der Waals surface area contributed by atoms with Crippen LogP contribution in [0.3, 0.4) is 0 Å². The van der Waals surface area contributed by atoms with E-state index < -0.39 is 0 Å². The molecular weight excluding hydrogens is 332 g/mol. The zero-order valence-electron chi connectivity index (χ0n) is 14.8. The molecule has 0 unspecified atom stereocenters. The number of anilines is 2. The monoisotopic (exact) mass is 352 g/mol. The van der Waals surface area contributed by atoms with Crippen molar-refractivity contribution in [2.24, 2.45) is 0 Å². The summed E-state index contributed by atoms with van der Waals surface area (Å²) in [6.45, 7) is 0.730. The number of methoxy groups -OCH3 is 2. The highest BCUT2D eigenvalue weighted by Crippen LogP contribution is 2.38. The fraction of sp³-hybridized carbons (Fsp3) is 0.300. The number of ether oxygens (including phenoxy) is 2. The molecule has 134 valence electrons. The van der Waals surface area contributed by atoms with Crippen LogP contribution in [-0.2, 0) is 17.6 Å². The van der Waals surface area contributed by atoms with E-state index in [0.29, 0.717) is 23.5 Å². The van der Waals surface area contributed by atoms with Crippen molar-refractivity contribution in [3.8, 4) is 11.5 Å². The lowest BCUT2D eigenvalue weighted by Crippen LogP contribution is -2.32. The number of rotatable bonds is 4. The van der Waals surface area contributed by atoms with Gasteiger partial charge in [-0.05, 0) is 54.3 Å². The van der Waals surface area contributed by atoms with Crippen LogP contribution in [-0.4, -0.2) is 32.6 Å². The third-order valence-electron chi connectivity index (χ3n) is 4.96. The average molecular weight is 352 g/mol. The summed E-state index contributed by atoms with van der Waals surface area (Å²) in [7, 11) is 3.10. The molecule has 1 N–H and O–H groups in total. The van der Waals surface area contributed by atoms with E-state index in [1.54, 1.807) is 25.3 Å². The highest BCUT2D eigenvalue weighted by molar-refractivity contribution is 6.05. The number of carbonyl (C=O) groups excluding carboxylic acids is 2. The molecule has 0 atom stereocenters. The number of aryl methyl sites for hydroxylation is 1. The minimum atomic E-state index is -0.208. The van der Waals surface area contributed by atoms with Gasteiger partial charge in [0.1, 0.15) is 0 Å². The second kappa shape index (κ2) is 6.37. The minimum Gasteiger partial charge on any atom is -0.493 e. The number of nitrogens with one attached hydrogen (secondary N) is 1. The molecule has 4 rings (SSSR count). The number of hydrogen-bond acceptors (Lipinski definition) is 4. The molecule has 0 aliphatic carbocycles. The Morgan fingerprint density at radius 1 is 1.00 bits per heavy atom. The summed E-state index contributed by atoms with van der Waals surface area (Å²) in [6.07, 6.45) is 2.07. The van der Waals surface area contributed by atoms with Crippen LogP contribution in [0, 0.1) is 0 Å². The van der Waals surface area contributed by atoms with E-state index in [4.69, 9.17) is 9.47 Å². The first-order chi connectivity index (χ1) is 12.6. The lowest BCUT2D eigenvalue weighted by molar-refractivity contribution is -0.118. The first-order valence-electron chi connectivity index (χ1n) is 8.60. The normalized spacial score (nSPS) is 14.8. The summed E-state index contributed by atoms with van der Waals surface area (Å²) in [5, 5.41) is 2.96. The topological polar surface area (TPSA) is 67.9 Å². The molecule has 0 aromatic heterocycles. The maximum Gasteiger partial charge on any atom is 0.255 e. The molecule has 2 heterocycles. The maximum atomic E-state index is 12.6. The summed E-state index contributed by atoms with van der Waals surface area (Å²) in [4.78, 5) is 26.5. The van der Waals surface area contributed by atoms with Crippen molar-refractivity contribution in [3.05, 3.63) is 47.0 Å². The van der Waals surface area contributed by atoms with Crippen LogP contribution in [0.25, 0.3) is 0 Å². The van der Waals surface area contributed by atoms with Gasteiger partial charge in [0.25, 0.3) is 5.91 Å². The molecule has 6 heteroatoms. The molecule has 2 aromatic carbocycles. The third kappa shape index (κ3) is 2.67. The second-order valence-electron chi connectivity index (χ2n) is 6.46.